The number of ether oxygens (including phenoxy) is 3. The number of benzene rings is 2. The van der Waals surface area contributed by atoms with Crippen molar-refractivity contribution in [1.29, 1.82) is 0 Å². The molecule has 2 aromatic carbocycles. The molecule has 0 atom stereocenters. The number of halogens is 1. The largest absolute Gasteiger partial charge is 0.497 e. The van der Waals surface area contributed by atoms with Crippen LogP contribution in [0.2, 0.25) is 5.02 Å². The lowest BCUT2D eigenvalue weighted by Gasteiger charge is -2.10. The normalized spacial score (nSPS) is 10.0. The van der Waals surface area contributed by atoms with Crippen LogP contribution in [0.15, 0.2) is 42.5 Å². The summed E-state index contributed by atoms with van der Waals surface area (Å²) in [4.78, 5) is 10.6. The standard InChI is InChI=1S/C16H15ClO4/c1-19-13-3-5-14(6-4-13)20-8-9-21-16-7-2-12(11-18)10-15(16)17/h2-7,10-11H,8-9H2,1H3. The molecule has 0 aliphatic rings. The Morgan fingerprint density at radius 1 is 1.00 bits per heavy atom. The van der Waals surface area contributed by atoms with E-state index in [0.29, 0.717) is 29.5 Å². The van der Waals surface area contributed by atoms with Gasteiger partial charge in [-0.25, -0.2) is 0 Å². The van der Waals surface area contributed by atoms with Crippen LogP contribution in [0, 0.1) is 0 Å². The minimum atomic E-state index is 0.353. The maximum absolute atomic E-state index is 10.6. The zero-order chi connectivity index (χ0) is 15.1. The molecule has 0 N–H and O–H groups in total. The van der Waals surface area contributed by atoms with Crippen LogP contribution in [0.3, 0.4) is 0 Å². The van der Waals surface area contributed by atoms with Crippen molar-refractivity contribution in [2.24, 2.45) is 0 Å². The third-order valence-corrected chi connectivity index (χ3v) is 3.06. The Kier molecular flexibility index (Phi) is 5.46. The van der Waals surface area contributed by atoms with Gasteiger partial charge < -0.3 is 14.2 Å². The molecule has 21 heavy (non-hydrogen) atoms. The minimum absolute atomic E-state index is 0.353. The molecule has 0 aliphatic carbocycles. The lowest BCUT2D eigenvalue weighted by molar-refractivity contribution is 0.112. The number of rotatable bonds is 7. The van der Waals surface area contributed by atoms with E-state index in [1.165, 1.54) is 0 Å². The molecular formula is C16H15ClO4. The number of hydrogen-bond donors (Lipinski definition) is 0. The molecule has 0 saturated heterocycles. The van der Waals surface area contributed by atoms with Crippen molar-refractivity contribution in [2.45, 2.75) is 0 Å². The van der Waals surface area contributed by atoms with Crippen molar-refractivity contribution in [1.82, 2.24) is 0 Å². The Balaban J connectivity index is 1.80. The van der Waals surface area contributed by atoms with Crippen molar-refractivity contribution in [3.05, 3.63) is 53.1 Å². The highest BCUT2D eigenvalue weighted by Crippen LogP contribution is 2.25. The predicted octanol–water partition coefficient (Wildman–Crippen LogP) is 3.62. The average molecular weight is 307 g/mol. The zero-order valence-corrected chi connectivity index (χ0v) is 12.3. The van der Waals surface area contributed by atoms with Crippen molar-refractivity contribution >= 4 is 17.9 Å². The average Bonchev–Trinajstić information content (AvgIpc) is 2.53. The summed E-state index contributed by atoms with van der Waals surface area (Å²) in [6.45, 7) is 0.740. The molecule has 0 aromatic heterocycles. The summed E-state index contributed by atoms with van der Waals surface area (Å²) >= 11 is 6.00. The maximum atomic E-state index is 10.6. The second kappa shape index (κ2) is 7.55. The molecule has 0 radical (unpaired) electrons. The number of hydrogen-bond acceptors (Lipinski definition) is 4. The highest BCUT2D eigenvalue weighted by molar-refractivity contribution is 6.32. The molecule has 4 nitrogen and oxygen atoms in total. The molecule has 2 aromatic rings. The van der Waals surface area contributed by atoms with E-state index in [2.05, 4.69) is 0 Å². The van der Waals surface area contributed by atoms with Crippen LogP contribution < -0.4 is 14.2 Å². The van der Waals surface area contributed by atoms with Crippen LogP contribution in [0.25, 0.3) is 0 Å². The molecule has 0 fully saturated rings. The van der Waals surface area contributed by atoms with E-state index in [4.69, 9.17) is 25.8 Å². The molecule has 5 heteroatoms. The molecule has 0 unspecified atom stereocenters. The lowest BCUT2D eigenvalue weighted by atomic mass is 10.2. The zero-order valence-electron chi connectivity index (χ0n) is 11.5. The number of aldehydes is 1. The molecule has 0 spiro atoms. The van der Waals surface area contributed by atoms with E-state index in [1.54, 1.807) is 25.3 Å². The topological polar surface area (TPSA) is 44.8 Å². The Morgan fingerprint density at radius 3 is 2.29 bits per heavy atom. The van der Waals surface area contributed by atoms with Gasteiger partial charge in [0.05, 0.1) is 12.1 Å². The van der Waals surface area contributed by atoms with E-state index in [9.17, 15) is 4.79 Å². The highest BCUT2D eigenvalue weighted by atomic mass is 35.5. The van der Waals surface area contributed by atoms with Crippen molar-refractivity contribution in [3.63, 3.8) is 0 Å². The monoisotopic (exact) mass is 306 g/mol. The van der Waals surface area contributed by atoms with E-state index in [1.807, 2.05) is 24.3 Å². The van der Waals surface area contributed by atoms with Gasteiger partial charge in [-0.2, -0.15) is 0 Å². The van der Waals surface area contributed by atoms with Gasteiger partial charge in [0.15, 0.2) is 0 Å². The van der Waals surface area contributed by atoms with Crippen LogP contribution in [0.5, 0.6) is 17.2 Å². The Bertz CT molecular complexity index is 596. The summed E-state index contributed by atoms with van der Waals surface area (Å²) in [5.74, 6) is 2.04. The van der Waals surface area contributed by atoms with Crippen LogP contribution >= 0.6 is 11.6 Å². The lowest BCUT2D eigenvalue weighted by Crippen LogP contribution is -2.09. The number of carbonyl (C=O) groups is 1. The fraction of sp³-hybridized carbons (Fsp3) is 0.188. The predicted molar refractivity (Wildman–Crippen MR) is 80.8 cm³/mol. The number of carbonyl (C=O) groups excluding carboxylic acids is 1. The fourth-order valence-corrected chi connectivity index (χ4v) is 1.93. The smallest absolute Gasteiger partial charge is 0.150 e. The molecular weight excluding hydrogens is 292 g/mol. The first-order valence-corrected chi connectivity index (χ1v) is 6.75. The summed E-state index contributed by atoms with van der Waals surface area (Å²) < 4.78 is 16.1. The summed E-state index contributed by atoms with van der Waals surface area (Å²) in [6.07, 6.45) is 0.739. The molecule has 0 aliphatic heterocycles. The first-order valence-electron chi connectivity index (χ1n) is 6.37. The first-order chi connectivity index (χ1) is 10.2. The van der Waals surface area contributed by atoms with Crippen LogP contribution in [0.1, 0.15) is 10.4 Å². The molecule has 110 valence electrons. The van der Waals surface area contributed by atoms with Crippen LogP contribution in [0.4, 0.5) is 0 Å². The third-order valence-electron chi connectivity index (χ3n) is 2.76. The highest BCUT2D eigenvalue weighted by Gasteiger charge is 2.03. The molecule has 0 bridgehead atoms. The van der Waals surface area contributed by atoms with Gasteiger partial charge in [0, 0.05) is 5.56 Å². The Morgan fingerprint density at radius 2 is 1.67 bits per heavy atom. The molecule has 0 heterocycles. The van der Waals surface area contributed by atoms with Gasteiger partial charge in [-0.3, -0.25) is 4.79 Å². The van der Waals surface area contributed by atoms with Gasteiger partial charge in [0.1, 0.15) is 36.7 Å². The molecule has 2 rings (SSSR count). The maximum Gasteiger partial charge on any atom is 0.150 e. The van der Waals surface area contributed by atoms with Crippen molar-refractivity contribution < 1.29 is 19.0 Å². The van der Waals surface area contributed by atoms with Gasteiger partial charge in [-0.15, -0.1) is 0 Å². The number of methoxy groups -OCH3 is 1. The van der Waals surface area contributed by atoms with Crippen LogP contribution in [-0.2, 0) is 0 Å². The van der Waals surface area contributed by atoms with Gasteiger partial charge in [0.2, 0.25) is 0 Å². The third kappa shape index (κ3) is 4.39. The quantitative estimate of drug-likeness (QED) is 0.579. The van der Waals surface area contributed by atoms with E-state index < -0.39 is 0 Å². The Labute approximate surface area is 128 Å². The summed E-state index contributed by atoms with van der Waals surface area (Å²) in [5.41, 5.74) is 0.516. The second-order valence-electron chi connectivity index (χ2n) is 4.18. The van der Waals surface area contributed by atoms with E-state index >= 15 is 0 Å². The van der Waals surface area contributed by atoms with Gasteiger partial charge in [-0.1, -0.05) is 11.6 Å². The van der Waals surface area contributed by atoms with Crippen molar-refractivity contribution in [2.75, 3.05) is 20.3 Å². The van der Waals surface area contributed by atoms with Gasteiger partial charge >= 0.3 is 0 Å². The summed E-state index contributed by atoms with van der Waals surface area (Å²) in [5, 5.41) is 0.407. The minimum Gasteiger partial charge on any atom is -0.497 e. The van der Waals surface area contributed by atoms with E-state index in [-0.39, 0.29) is 0 Å². The molecule has 0 saturated carbocycles. The van der Waals surface area contributed by atoms with Gasteiger partial charge in [0.25, 0.3) is 0 Å². The second-order valence-corrected chi connectivity index (χ2v) is 4.59. The van der Waals surface area contributed by atoms with Crippen LogP contribution in [-0.4, -0.2) is 26.6 Å². The Hall–Kier alpha value is -2.20. The van der Waals surface area contributed by atoms with Gasteiger partial charge in [-0.05, 0) is 42.5 Å². The summed E-state index contributed by atoms with van der Waals surface area (Å²) in [6, 6.07) is 12.2. The first kappa shape index (κ1) is 15.2. The fourth-order valence-electron chi connectivity index (χ4n) is 1.69. The molecule has 0 amide bonds. The SMILES string of the molecule is COc1ccc(OCCOc2ccc(C=O)cc2Cl)cc1. The van der Waals surface area contributed by atoms with Crippen molar-refractivity contribution in [3.8, 4) is 17.2 Å². The van der Waals surface area contributed by atoms with E-state index in [0.717, 1.165) is 17.8 Å². The summed E-state index contributed by atoms with van der Waals surface area (Å²) in [7, 11) is 1.61.